The highest BCUT2D eigenvalue weighted by Crippen LogP contribution is 2.05. The molecule has 0 spiro atoms. The number of hydrogen-bond donors (Lipinski definition) is 2. The molecule has 0 aromatic heterocycles. The van der Waals surface area contributed by atoms with E-state index >= 15 is 0 Å². The Kier molecular flexibility index (Phi) is 4.92. The molecule has 0 atom stereocenters. The Bertz CT molecular complexity index is 429. The van der Waals surface area contributed by atoms with Crippen LogP contribution in [0.1, 0.15) is 24.5 Å². The Morgan fingerprint density at radius 1 is 1.31 bits per heavy atom. The number of hydrogen-bond acceptors (Lipinski definition) is 3. The average molecular weight is 243 g/mol. The Hall–Kier alpha value is -0.910. The molecule has 0 bridgehead atoms. The van der Waals surface area contributed by atoms with Crippen molar-refractivity contribution < 1.29 is 13.5 Å². The van der Waals surface area contributed by atoms with Crippen molar-refractivity contribution in [1.29, 1.82) is 0 Å². The molecule has 0 saturated heterocycles. The molecule has 0 saturated carbocycles. The van der Waals surface area contributed by atoms with E-state index in [-0.39, 0.29) is 18.9 Å². The first-order chi connectivity index (χ1) is 7.57. The fraction of sp³-hybridized carbons (Fsp3) is 0.455. The van der Waals surface area contributed by atoms with Gasteiger partial charge in [-0.25, -0.2) is 13.1 Å². The monoisotopic (exact) mass is 243 g/mol. The Labute approximate surface area is 96.4 Å². The van der Waals surface area contributed by atoms with Crippen molar-refractivity contribution in [2.45, 2.75) is 26.5 Å². The average Bonchev–Trinajstić information content (AvgIpc) is 2.27. The molecule has 0 unspecified atom stereocenters. The van der Waals surface area contributed by atoms with E-state index in [0.29, 0.717) is 6.42 Å². The van der Waals surface area contributed by atoms with Crippen LogP contribution in [0.15, 0.2) is 24.3 Å². The van der Waals surface area contributed by atoms with Crippen molar-refractivity contribution in [2.75, 3.05) is 5.75 Å². The molecular weight excluding hydrogens is 226 g/mol. The third-order valence-corrected chi connectivity index (χ3v) is 3.67. The quantitative estimate of drug-likeness (QED) is 0.783. The van der Waals surface area contributed by atoms with Crippen LogP contribution in [0.5, 0.6) is 0 Å². The molecule has 2 N–H and O–H groups in total. The van der Waals surface area contributed by atoms with E-state index in [0.717, 1.165) is 11.1 Å². The first kappa shape index (κ1) is 13.2. The molecule has 90 valence electrons. The van der Waals surface area contributed by atoms with Gasteiger partial charge in [0.05, 0.1) is 12.4 Å². The van der Waals surface area contributed by atoms with Gasteiger partial charge < -0.3 is 5.11 Å². The van der Waals surface area contributed by atoms with Crippen molar-refractivity contribution in [2.24, 2.45) is 0 Å². The molecule has 0 radical (unpaired) electrons. The predicted molar refractivity (Wildman–Crippen MR) is 63.3 cm³/mol. The van der Waals surface area contributed by atoms with Crippen LogP contribution in [0.3, 0.4) is 0 Å². The minimum absolute atomic E-state index is 0.0322. The van der Waals surface area contributed by atoms with Crippen LogP contribution in [0, 0.1) is 0 Å². The molecule has 1 aromatic rings. The second-order valence-corrected chi connectivity index (χ2v) is 5.54. The lowest BCUT2D eigenvalue weighted by atomic mass is 10.1. The minimum Gasteiger partial charge on any atom is -0.392 e. The topological polar surface area (TPSA) is 66.4 Å². The van der Waals surface area contributed by atoms with Crippen molar-refractivity contribution in [3.05, 3.63) is 35.4 Å². The Balaban J connectivity index is 2.61. The molecule has 0 heterocycles. The maximum absolute atomic E-state index is 11.4. The van der Waals surface area contributed by atoms with Crippen LogP contribution in [0.2, 0.25) is 0 Å². The normalized spacial score (nSPS) is 11.6. The summed E-state index contributed by atoms with van der Waals surface area (Å²) in [5.74, 6) is 0.146. The fourth-order valence-corrected chi connectivity index (χ4v) is 2.44. The van der Waals surface area contributed by atoms with Crippen LogP contribution < -0.4 is 4.72 Å². The van der Waals surface area contributed by atoms with E-state index in [2.05, 4.69) is 4.72 Å². The van der Waals surface area contributed by atoms with Gasteiger partial charge in [-0.05, 0) is 17.5 Å². The molecule has 0 amide bonds. The predicted octanol–water partition coefficient (Wildman–Crippen LogP) is 1.01. The summed E-state index contributed by atoms with van der Waals surface area (Å²) >= 11 is 0. The lowest BCUT2D eigenvalue weighted by Crippen LogP contribution is -2.25. The number of benzene rings is 1. The van der Waals surface area contributed by atoms with E-state index in [1.807, 2.05) is 13.0 Å². The van der Waals surface area contributed by atoms with E-state index in [1.165, 1.54) is 0 Å². The molecule has 0 aliphatic carbocycles. The number of nitrogens with one attached hydrogen (secondary N) is 1. The highest BCUT2D eigenvalue weighted by Gasteiger charge is 2.07. The van der Waals surface area contributed by atoms with E-state index in [1.54, 1.807) is 18.2 Å². The molecule has 0 aliphatic rings. The van der Waals surface area contributed by atoms with E-state index in [4.69, 9.17) is 5.11 Å². The van der Waals surface area contributed by atoms with Gasteiger partial charge in [0.1, 0.15) is 0 Å². The van der Waals surface area contributed by atoms with Gasteiger partial charge in [0.15, 0.2) is 0 Å². The number of aliphatic hydroxyl groups is 1. The van der Waals surface area contributed by atoms with Crippen LogP contribution in [-0.4, -0.2) is 19.3 Å². The van der Waals surface area contributed by atoms with Crippen molar-refractivity contribution in [1.82, 2.24) is 4.72 Å². The highest BCUT2D eigenvalue weighted by molar-refractivity contribution is 7.89. The standard InChI is InChI=1S/C11H17NO3S/c1-2-6-16(14,15)12-8-10-4-3-5-11(7-10)9-13/h3-5,7,12-13H,2,6,8-9H2,1H3. The summed E-state index contributed by atoms with van der Waals surface area (Å²) in [6, 6.07) is 7.21. The third-order valence-electron chi connectivity index (χ3n) is 2.14. The van der Waals surface area contributed by atoms with Gasteiger partial charge in [0.2, 0.25) is 10.0 Å². The van der Waals surface area contributed by atoms with Gasteiger partial charge >= 0.3 is 0 Å². The Morgan fingerprint density at radius 3 is 2.62 bits per heavy atom. The van der Waals surface area contributed by atoms with Gasteiger partial charge in [-0.1, -0.05) is 31.2 Å². The first-order valence-corrected chi connectivity index (χ1v) is 6.88. The van der Waals surface area contributed by atoms with E-state index < -0.39 is 10.0 Å². The van der Waals surface area contributed by atoms with Crippen molar-refractivity contribution >= 4 is 10.0 Å². The molecule has 1 aromatic carbocycles. The molecule has 1 rings (SSSR count). The zero-order chi connectivity index (χ0) is 12.0. The van der Waals surface area contributed by atoms with Crippen molar-refractivity contribution in [3.63, 3.8) is 0 Å². The smallest absolute Gasteiger partial charge is 0.211 e. The summed E-state index contributed by atoms with van der Waals surface area (Å²) < 4.78 is 25.3. The number of rotatable bonds is 6. The van der Waals surface area contributed by atoms with Crippen LogP contribution in [-0.2, 0) is 23.2 Å². The highest BCUT2D eigenvalue weighted by atomic mass is 32.2. The zero-order valence-corrected chi connectivity index (χ0v) is 10.1. The summed E-state index contributed by atoms with van der Waals surface area (Å²) in [6.45, 7) is 2.07. The number of sulfonamides is 1. The first-order valence-electron chi connectivity index (χ1n) is 5.23. The molecular formula is C11H17NO3S. The Morgan fingerprint density at radius 2 is 2.00 bits per heavy atom. The van der Waals surface area contributed by atoms with Gasteiger partial charge in [-0.3, -0.25) is 0 Å². The van der Waals surface area contributed by atoms with Crippen LogP contribution >= 0.6 is 0 Å². The molecule has 16 heavy (non-hydrogen) atoms. The SMILES string of the molecule is CCCS(=O)(=O)NCc1cccc(CO)c1. The molecule has 0 fully saturated rings. The minimum atomic E-state index is -3.16. The second-order valence-electron chi connectivity index (χ2n) is 3.62. The summed E-state index contributed by atoms with van der Waals surface area (Å²) in [5.41, 5.74) is 1.64. The van der Waals surface area contributed by atoms with Crippen molar-refractivity contribution in [3.8, 4) is 0 Å². The third kappa shape index (κ3) is 4.30. The molecule has 4 nitrogen and oxygen atoms in total. The largest absolute Gasteiger partial charge is 0.392 e. The number of aliphatic hydroxyl groups excluding tert-OH is 1. The summed E-state index contributed by atoms with van der Waals surface area (Å²) in [6.07, 6.45) is 0.603. The summed E-state index contributed by atoms with van der Waals surface area (Å²) in [7, 11) is -3.16. The van der Waals surface area contributed by atoms with Crippen LogP contribution in [0.25, 0.3) is 0 Å². The molecule has 0 aliphatic heterocycles. The maximum Gasteiger partial charge on any atom is 0.211 e. The second kappa shape index (κ2) is 5.98. The van der Waals surface area contributed by atoms with Gasteiger partial charge in [0, 0.05) is 6.54 Å². The molecule has 5 heteroatoms. The summed E-state index contributed by atoms with van der Waals surface area (Å²) in [5, 5.41) is 8.94. The van der Waals surface area contributed by atoms with Gasteiger partial charge in [0.25, 0.3) is 0 Å². The van der Waals surface area contributed by atoms with Crippen LogP contribution in [0.4, 0.5) is 0 Å². The maximum atomic E-state index is 11.4. The lowest BCUT2D eigenvalue weighted by Gasteiger charge is -2.06. The van der Waals surface area contributed by atoms with E-state index in [9.17, 15) is 8.42 Å². The summed E-state index contributed by atoms with van der Waals surface area (Å²) in [4.78, 5) is 0. The fourth-order valence-electron chi connectivity index (χ4n) is 1.37. The van der Waals surface area contributed by atoms with Gasteiger partial charge in [-0.2, -0.15) is 0 Å². The van der Waals surface area contributed by atoms with Gasteiger partial charge in [-0.15, -0.1) is 0 Å². The lowest BCUT2D eigenvalue weighted by molar-refractivity contribution is 0.281. The zero-order valence-electron chi connectivity index (χ0n) is 9.31.